The first kappa shape index (κ1) is 13.0. The zero-order chi connectivity index (χ0) is 13.2. The van der Waals surface area contributed by atoms with Crippen LogP contribution in [-0.2, 0) is 0 Å². The number of aromatic nitrogens is 2. The number of hydrogen-bond donors (Lipinski definition) is 2. The summed E-state index contributed by atoms with van der Waals surface area (Å²) in [5.41, 5.74) is 7.65. The molecule has 0 aliphatic rings. The van der Waals surface area contributed by atoms with Gasteiger partial charge in [0.1, 0.15) is 11.5 Å². The highest BCUT2D eigenvalue weighted by atomic mass is 32.1. The Kier molecular flexibility index (Phi) is 3.63. The number of nitrogens with zero attached hydrogens (tertiary/aromatic N) is 2. The Balaban J connectivity index is 2.18. The molecule has 0 saturated heterocycles. The molecule has 96 valence electrons. The number of anilines is 1. The lowest BCUT2D eigenvalue weighted by molar-refractivity contribution is 0.576. The zero-order valence-corrected chi connectivity index (χ0v) is 11.7. The fourth-order valence-corrected chi connectivity index (χ4v) is 2.44. The van der Waals surface area contributed by atoms with Gasteiger partial charge in [-0.05, 0) is 49.9 Å². The third-order valence-corrected chi connectivity index (χ3v) is 3.78. The van der Waals surface area contributed by atoms with Gasteiger partial charge in [-0.15, -0.1) is 21.5 Å². The van der Waals surface area contributed by atoms with Crippen molar-refractivity contribution in [2.24, 2.45) is 5.73 Å². The lowest BCUT2D eigenvalue weighted by Crippen LogP contribution is -2.39. The highest BCUT2D eigenvalue weighted by Gasteiger charge is 2.15. The molecule has 5 heteroatoms. The second-order valence-electron chi connectivity index (χ2n) is 4.95. The Bertz CT molecular complexity index is 516. The van der Waals surface area contributed by atoms with E-state index in [0.717, 1.165) is 11.5 Å². The Morgan fingerprint density at radius 1 is 1.28 bits per heavy atom. The van der Waals surface area contributed by atoms with E-state index in [9.17, 15) is 0 Å². The molecule has 0 fully saturated rings. The molecule has 0 radical (unpaired) electrons. The highest BCUT2D eigenvalue weighted by molar-refractivity contribution is 7.13. The first-order valence-electron chi connectivity index (χ1n) is 5.88. The van der Waals surface area contributed by atoms with Crippen molar-refractivity contribution in [1.82, 2.24) is 10.2 Å². The van der Waals surface area contributed by atoms with Crippen molar-refractivity contribution >= 4 is 17.2 Å². The van der Waals surface area contributed by atoms with Gasteiger partial charge in [0.2, 0.25) is 0 Å². The summed E-state index contributed by atoms with van der Waals surface area (Å²) in [6, 6.07) is 6.02. The fourth-order valence-electron chi connectivity index (χ4n) is 1.55. The van der Waals surface area contributed by atoms with Crippen LogP contribution < -0.4 is 11.1 Å². The molecule has 0 atom stereocenters. The predicted molar refractivity (Wildman–Crippen MR) is 76.8 cm³/mol. The maximum Gasteiger partial charge on any atom is 0.149 e. The Morgan fingerprint density at radius 2 is 2.06 bits per heavy atom. The smallest absolute Gasteiger partial charge is 0.149 e. The minimum Gasteiger partial charge on any atom is -0.362 e. The molecule has 0 unspecified atom stereocenters. The minimum absolute atomic E-state index is 0.172. The molecule has 3 N–H and O–H groups in total. The van der Waals surface area contributed by atoms with E-state index in [-0.39, 0.29) is 5.54 Å². The van der Waals surface area contributed by atoms with Crippen LogP contribution in [0.25, 0.3) is 10.6 Å². The van der Waals surface area contributed by atoms with Gasteiger partial charge in [-0.1, -0.05) is 0 Å². The summed E-state index contributed by atoms with van der Waals surface area (Å²) in [6.45, 7) is 6.69. The third kappa shape index (κ3) is 2.86. The molecule has 0 aliphatic heterocycles. The Morgan fingerprint density at radius 3 is 2.56 bits per heavy atom. The lowest BCUT2D eigenvalue weighted by Gasteiger charge is -2.24. The SMILES string of the molecule is Cc1ccsc1-c1ccc(NC(C)(C)CN)nn1. The maximum atomic E-state index is 5.67. The number of nitrogens with two attached hydrogens (primary N) is 1. The summed E-state index contributed by atoms with van der Waals surface area (Å²) in [4.78, 5) is 1.17. The van der Waals surface area contributed by atoms with E-state index in [1.54, 1.807) is 11.3 Å². The van der Waals surface area contributed by atoms with Gasteiger partial charge in [-0.3, -0.25) is 0 Å². The summed E-state index contributed by atoms with van der Waals surface area (Å²) >= 11 is 1.68. The number of thiophene rings is 1. The van der Waals surface area contributed by atoms with Gasteiger partial charge in [-0.2, -0.15) is 0 Å². The minimum atomic E-state index is -0.172. The van der Waals surface area contributed by atoms with E-state index >= 15 is 0 Å². The summed E-state index contributed by atoms with van der Waals surface area (Å²) in [7, 11) is 0. The molecule has 4 nitrogen and oxygen atoms in total. The first-order valence-corrected chi connectivity index (χ1v) is 6.76. The summed E-state index contributed by atoms with van der Waals surface area (Å²) < 4.78 is 0. The molecule has 0 aliphatic carbocycles. The van der Waals surface area contributed by atoms with Crippen molar-refractivity contribution in [2.45, 2.75) is 26.3 Å². The standard InChI is InChI=1S/C13H18N4S/c1-9-6-7-18-12(9)10-4-5-11(17-16-10)15-13(2,3)8-14/h4-7H,8,14H2,1-3H3,(H,15,17). The number of aryl methyl sites for hydroxylation is 1. The molecular formula is C13H18N4S. The topological polar surface area (TPSA) is 63.8 Å². The molecule has 2 aromatic rings. The quantitative estimate of drug-likeness (QED) is 0.889. The van der Waals surface area contributed by atoms with Crippen molar-refractivity contribution in [3.05, 3.63) is 29.1 Å². The molecule has 18 heavy (non-hydrogen) atoms. The van der Waals surface area contributed by atoms with Gasteiger partial charge in [0.25, 0.3) is 0 Å². The normalized spacial score (nSPS) is 11.6. The first-order chi connectivity index (χ1) is 8.52. The predicted octanol–water partition coefficient (Wildman–Crippen LogP) is 2.66. The fraction of sp³-hybridized carbons (Fsp3) is 0.385. The monoisotopic (exact) mass is 262 g/mol. The molecule has 0 saturated carbocycles. The van der Waals surface area contributed by atoms with Gasteiger partial charge in [0.05, 0.1) is 4.88 Å². The second kappa shape index (κ2) is 5.04. The van der Waals surface area contributed by atoms with E-state index in [0.29, 0.717) is 6.54 Å². The maximum absolute atomic E-state index is 5.67. The summed E-state index contributed by atoms with van der Waals surface area (Å²) in [5.74, 6) is 0.753. The van der Waals surface area contributed by atoms with Crippen LogP contribution in [0.5, 0.6) is 0 Å². The number of hydrogen-bond acceptors (Lipinski definition) is 5. The van der Waals surface area contributed by atoms with Crippen LogP contribution in [0.4, 0.5) is 5.82 Å². The molecule has 0 amide bonds. The van der Waals surface area contributed by atoms with Crippen molar-refractivity contribution in [1.29, 1.82) is 0 Å². The molecule has 2 heterocycles. The molecular weight excluding hydrogens is 244 g/mol. The van der Waals surface area contributed by atoms with Crippen molar-refractivity contribution < 1.29 is 0 Å². The molecule has 2 aromatic heterocycles. The Labute approximate surface area is 111 Å². The Hall–Kier alpha value is -1.46. The average molecular weight is 262 g/mol. The van der Waals surface area contributed by atoms with Crippen molar-refractivity contribution in [3.63, 3.8) is 0 Å². The largest absolute Gasteiger partial charge is 0.362 e. The second-order valence-corrected chi connectivity index (χ2v) is 5.87. The van der Waals surface area contributed by atoms with E-state index in [2.05, 4.69) is 33.9 Å². The van der Waals surface area contributed by atoms with Gasteiger partial charge in [-0.25, -0.2) is 0 Å². The summed E-state index contributed by atoms with van der Waals surface area (Å²) in [5, 5.41) is 13.8. The van der Waals surface area contributed by atoms with Crippen molar-refractivity contribution in [2.75, 3.05) is 11.9 Å². The van der Waals surface area contributed by atoms with Crippen LogP contribution in [0.15, 0.2) is 23.6 Å². The molecule has 2 rings (SSSR count). The average Bonchev–Trinajstić information content (AvgIpc) is 2.76. The van der Waals surface area contributed by atoms with Gasteiger partial charge in [0.15, 0.2) is 0 Å². The van der Waals surface area contributed by atoms with Crippen LogP contribution in [-0.4, -0.2) is 22.3 Å². The van der Waals surface area contributed by atoms with E-state index in [1.165, 1.54) is 10.4 Å². The third-order valence-electron chi connectivity index (χ3n) is 2.74. The van der Waals surface area contributed by atoms with Gasteiger partial charge >= 0.3 is 0 Å². The van der Waals surface area contributed by atoms with Crippen LogP contribution in [0.1, 0.15) is 19.4 Å². The van der Waals surface area contributed by atoms with Crippen LogP contribution in [0.3, 0.4) is 0 Å². The summed E-state index contributed by atoms with van der Waals surface area (Å²) in [6.07, 6.45) is 0. The lowest BCUT2D eigenvalue weighted by atomic mass is 10.1. The number of rotatable bonds is 4. The van der Waals surface area contributed by atoms with Crippen LogP contribution >= 0.6 is 11.3 Å². The zero-order valence-electron chi connectivity index (χ0n) is 10.9. The van der Waals surface area contributed by atoms with Crippen LogP contribution in [0.2, 0.25) is 0 Å². The molecule has 0 aromatic carbocycles. The van der Waals surface area contributed by atoms with Crippen LogP contribution in [0, 0.1) is 6.92 Å². The van der Waals surface area contributed by atoms with Gasteiger partial charge in [0, 0.05) is 12.1 Å². The number of nitrogens with one attached hydrogen (secondary N) is 1. The van der Waals surface area contributed by atoms with Crippen molar-refractivity contribution in [3.8, 4) is 10.6 Å². The van der Waals surface area contributed by atoms with E-state index in [1.807, 2.05) is 26.0 Å². The molecule has 0 bridgehead atoms. The molecule has 0 spiro atoms. The highest BCUT2D eigenvalue weighted by Crippen LogP contribution is 2.27. The van der Waals surface area contributed by atoms with Gasteiger partial charge < -0.3 is 11.1 Å². The van der Waals surface area contributed by atoms with E-state index in [4.69, 9.17) is 5.73 Å². The van der Waals surface area contributed by atoms with E-state index < -0.39 is 0 Å².